The number of ketones is 1. The van der Waals surface area contributed by atoms with E-state index in [1.54, 1.807) is 0 Å². The van der Waals surface area contributed by atoms with Gasteiger partial charge in [0.15, 0.2) is 5.78 Å². The Kier molecular flexibility index (Phi) is 8.06. The lowest BCUT2D eigenvalue weighted by atomic mass is 10.00. The average molecular weight is 324 g/mol. The maximum Gasteiger partial charge on any atom is 0.191 e. The standard InChI is InChI=1S/C12H24N2O6S/c13-2-1-3-14-4-5-21-12(14)11(20)10(19)9(18)8(17)7(16)6-15/h7-10,12,15-19H,1-6,13H2/t7-,8-,9+,10-,12?/m1/s1. The topological polar surface area (TPSA) is 147 Å². The zero-order chi connectivity index (χ0) is 16.0. The van der Waals surface area contributed by atoms with Crippen molar-refractivity contribution >= 4 is 17.5 Å². The number of nitrogens with zero attached hydrogens (tertiary/aromatic N) is 1. The van der Waals surface area contributed by atoms with Crippen LogP contribution < -0.4 is 5.73 Å². The molecule has 1 rings (SSSR count). The van der Waals surface area contributed by atoms with Crippen molar-refractivity contribution < 1.29 is 30.3 Å². The van der Waals surface area contributed by atoms with Crippen molar-refractivity contribution in [1.29, 1.82) is 0 Å². The van der Waals surface area contributed by atoms with Crippen molar-refractivity contribution in [3.8, 4) is 0 Å². The largest absolute Gasteiger partial charge is 0.394 e. The third kappa shape index (κ3) is 4.86. The molecule has 8 nitrogen and oxygen atoms in total. The first-order chi connectivity index (χ1) is 9.93. The van der Waals surface area contributed by atoms with Gasteiger partial charge in [-0.2, -0.15) is 0 Å². The minimum Gasteiger partial charge on any atom is -0.394 e. The predicted octanol–water partition coefficient (Wildman–Crippen LogP) is -3.28. The fourth-order valence-electron chi connectivity index (χ4n) is 2.13. The lowest BCUT2D eigenvalue weighted by molar-refractivity contribution is -0.148. The molecule has 0 amide bonds. The second kappa shape index (κ2) is 9.01. The smallest absolute Gasteiger partial charge is 0.191 e. The summed E-state index contributed by atoms with van der Waals surface area (Å²) in [4.78, 5) is 14.1. The van der Waals surface area contributed by atoms with E-state index < -0.39 is 42.2 Å². The van der Waals surface area contributed by atoms with E-state index in [0.717, 1.165) is 12.2 Å². The summed E-state index contributed by atoms with van der Waals surface area (Å²) in [6.07, 6.45) is -6.37. The minimum atomic E-state index is -1.85. The van der Waals surface area contributed by atoms with E-state index in [0.29, 0.717) is 19.6 Å². The first kappa shape index (κ1) is 18.8. The number of nitrogens with two attached hydrogens (primary N) is 1. The van der Waals surface area contributed by atoms with Crippen LogP contribution in [0.1, 0.15) is 6.42 Å². The van der Waals surface area contributed by atoms with E-state index in [2.05, 4.69) is 0 Å². The van der Waals surface area contributed by atoms with Crippen molar-refractivity contribution in [1.82, 2.24) is 4.90 Å². The summed E-state index contributed by atoms with van der Waals surface area (Å²) in [7, 11) is 0. The maximum absolute atomic E-state index is 12.2. The number of rotatable bonds is 9. The van der Waals surface area contributed by atoms with Crippen molar-refractivity contribution in [3.63, 3.8) is 0 Å². The number of hydrogen-bond donors (Lipinski definition) is 6. The van der Waals surface area contributed by atoms with Crippen molar-refractivity contribution in [2.45, 2.75) is 36.2 Å². The van der Waals surface area contributed by atoms with Gasteiger partial charge in [-0.1, -0.05) is 0 Å². The van der Waals surface area contributed by atoms with Crippen LogP contribution >= 0.6 is 11.8 Å². The summed E-state index contributed by atoms with van der Waals surface area (Å²) in [6.45, 7) is 1.02. The van der Waals surface area contributed by atoms with Crippen LogP contribution in [0.2, 0.25) is 0 Å². The highest BCUT2D eigenvalue weighted by molar-refractivity contribution is 8.00. The summed E-state index contributed by atoms with van der Waals surface area (Å²) >= 11 is 1.35. The molecule has 0 aromatic heterocycles. The van der Waals surface area contributed by atoms with Crippen molar-refractivity contribution in [3.05, 3.63) is 0 Å². The summed E-state index contributed by atoms with van der Waals surface area (Å²) in [5, 5.41) is 46.5. The molecular weight excluding hydrogens is 300 g/mol. The minimum absolute atomic E-state index is 0.495. The van der Waals surface area contributed by atoms with Crippen molar-refractivity contribution in [2.24, 2.45) is 5.73 Å². The van der Waals surface area contributed by atoms with Gasteiger partial charge in [0, 0.05) is 18.8 Å². The molecule has 1 saturated heterocycles. The molecule has 9 heteroatoms. The number of Topliss-reactive ketones (excluding diaryl/α,β-unsaturated/α-hetero) is 1. The lowest BCUT2D eigenvalue weighted by Gasteiger charge is -2.29. The van der Waals surface area contributed by atoms with Gasteiger partial charge in [-0.05, 0) is 13.0 Å². The van der Waals surface area contributed by atoms with Gasteiger partial charge in [-0.3, -0.25) is 9.69 Å². The summed E-state index contributed by atoms with van der Waals surface area (Å²) in [5.74, 6) is 0.109. The Bertz CT molecular complexity index is 335. The van der Waals surface area contributed by atoms with E-state index >= 15 is 0 Å². The van der Waals surface area contributed by atoms with E-state index in [9.17, 15) is 25.2 Å². The Morgan fingerprint density at radius 1 is 1.29 bits per heavy atom. The Morgan fingerprint density at radius 3 is 2.52 bits per heavy atom. The van der Waals surface area contributed by atoms with Crippen LogP contribution in [0, 0.1) is 0 Å². The Morgan fingerprint density at radius 2 is 1.95 bits per heavy atom. The normalized spacial score (nSPS) is 25.5. The molecule has 0 aromatic carbocycles. The highest BCUT2D eigenvalue weighted by atomic mass is 32.2. The molecular formula is C12H24N2O6S. The van der Waals surface area contributed by atoms with Crippen LogP contribution in [0.5, 0.6) is 0 Å². The number of carbonyl (C=O) groups excluding carboxylic acids is 1. The maximum atomic E-state index is 12.2. The average Bonchev–Trinajstić information content (AvgIpc) is 2.97. The molecule has 0 saturated carbocycles. The number of carbonyl (C=O) groups is 1. The molecule has 1 heterocycles. The van der Waals surface area contributed by atoms with Crippen LogP contribution in [-0.4, -0.2) is 98.0 Å². The highest BCUT2D eigenvalue weighted by Gasteiger charge is 2.40. The SMILES string of the molecule is NCCCN1CCSC1C(=O)[C@H](O)[C@@H](O)[C@H](O)[C@H](O)CO. The van der Waals surface area contributed by atoms with Crippen LogP contribution in [0.3, 0.4) is 0 Å². The Labute approximate surface area is 127 Å². The number of aliphatic hydroxyl groups is 5. The predicted molar refractivity (Wildman–Crippen MR) is 77.6 cm³/mol. The van der Waals surface area contributed by atoms with Crippen molar-refractivity contribution in [2.75, 3.05) is 32.0 Å². The van der Waals surface area contributed by atoms with Gasteiger partial charge in [0.05, 0.1) is 6.61 Å². The third-order valence-electron chi connectivity index (χ3n) is 3.42. The molecule has 1 aliphatic rings. The second-order valence-corrected chi connectivity index (χ2v) is 6.17. The fourth-order valence-corrected chi connectivity index (χ4v) is 3.42. The fraction of sp³-hybridized carbons (Fsp3) is 0.917. The molecule has 124 valence electrons. The monoisotopic (exact) mass is 324 g/mol. The van der Waals surface area contributed by atoms with E-state index in [4.69, 9.17) is 10.8 Å². The zero-order valence-electron chi connectivity index (χ0n) is 11.7. The molecule has 0 bridgehead atoms. The Balaban J connectivity index is 2.63. The van der Waals surface area contributed by atoms with Crippen LogP contribution in [0.25, 0.3) is 0 Å². The van der Waals surface area contributed by atoms with Crippen LogP contribution in [-0.2, 0) is 4.79 Å². The third-order valence-corrected chi connectivity index (χ3v) is 4.69. The molecule has 5 atom stereocenters. The van der Waals surface area contributed by atoms with Gasteiger partial charge in [0.1, 0.15) is 29.8 Å². The second-order valence-electron chi connectivity index (χ2n) is 4.98. The van der Waals surface area contributed by atoms with E-state index in [-0.39, 0.29) is 0 Å². The molecule has 1 unspecified atom stereocenters. The molecule has 21 heavy (non-hydrogen) atoms. The number of hydrogen-bond acceptors (Lipinski definition) is 9. The van der Waals surface area contributed by atoms with E-state index in [1.165, 1.54) is 11.8 Å². The van der Waals surface area contributed by atoms with Gasteiger partial charge in [-0.25, -0.2) is 0 Å². The molecule has 0 aromatic rings. The van der Waals surface area contributed by atoms with E-state index in [1.807, 2.05) is 4.90 Å². The van der Waals surface area contributed by atoms with Gasteiger partial charge < -0.3 is 31.3 Å². The summed E-state index contributed by atoms with van der Waals surface area (Å²) in [5.41, 5.74) is 5.43. The van der Waals surface area contributed by atoms with Gasteiger partial charge in [0.2, 0.25) is 0 Å². The quantitative estimate of drug-likeness (QED) is 0.257. The first-order valence-corrected chi connectivity index (χ1v) is 7.91. The Hall–Kier alpha value is -0.260. The molecule has 0 aliphatic carbocycles. The molecule has 1 fully saturated rings. The van der Waals surface area contributed by atoms with Crippen LogP contribution in [0.4, 0.5) is 0 Å². The first-order valence-electron chi connectivity index (χ1n) is 6.86. The molecule has 0 radical (unpaired) electrons. The molecule has 0 spiro atoms. The summed E-state index contributed by atoms with van der Waals surface area (Å²) < 4.78 is 0. The molecule has 7 N–H and O–H groups in total. The summed E-state index contributed by atoms with van der Waals surface area (Å²) in [6, 6.07) is 0. The van der Waals surface area contributed by atoms with Crippen LogP contribution in [0.15, 0.2) is 0 Å². The zero-order valence-corrected chi connectivity index (χ0v) is 12.5. The lowest BCUT2D eigenvalue weighted by Crippen LogP contribution is -2.52. The molecule has 1 aliphatic heterocycles. The highest BCUT2D eigenvalue weighted by Crippen LogP contribution is 2.26. The van der Waals surface area contributed by atoms with Gasteiger partial charge >= 0.3 is 0 Å². The number of aliphatic hydroxyl groups excluding tert-OH is 5. The van der Waals surface area contributed by atoms with Gasteiger partial charge in [0.25, 0.3) is 0 Å². The van der Waals surface area contributed by atoms with Gasteiger partial charge in [-0.15, -0.1) is 11.8 Å². The number of thioether (sulfide) groups is 1.